The van der Waals surface area contributed by atoms with Crippen LogP contribution in [0.25, 0.3) is 10.9 Å². The number of ether oxygens (including phenoxy) is 1. The summed E-state index contributed by atoms with van der Waals surface area (Å²) in [6, 6.07) is 10.6. The van der Waals surface area contributed by atoms with Crippen molar-refractivity contribution in [3.8, 4) is 6.07 Å². The van der Waals surface area contributed by atoms with Crippen LogP contribution in [-0.4, -0.2) is 37.0 Å². The zero-order valence-corrected chi connectivity index (χ0v) is 20.2. The number of aryl methyl sites for hydroxylation is 1. The van der Waals surface area contributed by atoms with Gasteiger partial charge < -0.3 is 14.2 Å². The maximum absolute atomic E-state index is 13.0. The summed E-state index contributed by atoms with van der Waals surface area (Å²) in [6.07, 6.45) is 2.03. The molecule has 1 aliphatic heterocycles. The van der Waals surface area contributed by atoms with Gasteiger partial charge in [0.2, 0.25) is 0 Å². The second kappa shape index (κ2) is 9.41. The van der Waals surface area contributed by atoms with E-state index in [4.69, 9.17) is 9.26 Å². The smallest absolute Gasteiger partial charge is 0.292 e. The van der Waals surface area contributed by atoms with Gasteiger partial charge in [-0.25, -0.2) is 8.42 Å². The number of sulfonamides is 1. The van der Waals surface area contributed by atoms with Crippen LogP contribution in [0.15, 0.2) is 52.0 Å². The van der Waals surface area contributed by atoms with Gasteiger partial charge in [-0.05, 0) is 42.8 Å². The van der Waals surface area contributed by atoms with E-state index < -0.39 is 21.8 Å². The fourth-order valence-electron chi connectivity index (χ4n) is 4.03. The van der Waals surface area contributed by atoms with Crippen LogP contribution in [0.1, 0.15) is 43.3 Å². The van der Waals surface area contributed by atoms with E-state index >= 15 is 0 Å². The average Bonchev–Trinajstić information content (AvgIpc) is 3.54. The van der Waals surface area contributed by atoms with Crippen molar-refractivity contribution in [2.75, 3.05) is 11.3 Å². The molecule has 0 spiro atoms. The molecule has 37 heavy (non-hydrogen) atoms. The number of hydrogen-bond acceptors (Lipinski definition) is 8. The topological polar surface area (TPSA) is 179 Å². The molecule has 0 saturated carbocycles. The maximum atomic E-state index is 13.0. The van der Waals surface area contributed by atoms with Crippen LogP contribution in [0.2, 0.25) is 0 Å². The third kappa shape index (κ3) is 4.51. The molecule has 5 rings (SSSR count). The van der Waals surface area contributed by atoms with E-state index in [1.807, 2.05) is 6.92 Å². The number of nitriles is 1. The minimum absolute atomic E-state index is 0.0247. The van der Waals surface area contributed by atoms with Gasteiger partial charge >= 0.3 is 0 Å². The van der Waals surface area contributed by atoms with E-state index in [0.29, 0.717) is 40.8 Å². The van der Waals surface area contributed by atoms with Crippen molar-refractivity contribution >= 4 is 38.4 Å². The van der Waals surface area contributed by atoms with Crippen molar-refractivity contribution in [2.24, 2.45) is 0 Å². The van der Waals surface area contributed by atoms with E-state index in [1.54, 1.807) is 12.1 Å². The van der Waals surface area contributed by atoms with Gasteiger partial charge in [0.05, 0.1) is 40.4 Å². The largest absolute Gasteiger partial charge is 0.376 e. The summed E-state index contributed by atoms with van der Waals surface area (Å²) in [4.78, 5) is 27.7. The third-order valence-electron chi connectivity index (χ3n) is 5.93. The lowest BCUT2D eigenvalue weighted by Crippen LogP contribution is -2.42. The number of nitrogens with zero attached hydrogens (tertiary/aromatic N) is 2. The van der Waals surface area contributed by atoms with Gasteiger partial charge in [-0.3, -0.25) is 25.2 Å². The summed E-state index contributed by atoms with van der Waals surface area (Å²) >= 11 is 0. The number of carbonyl (C=O) groups is 2. The van der Waals surface area contributed by atoms with Gasteiger partial charge in [0.25, 0.3) is 21.8 Å². The molecule has 0 atom stereocenters. The lowest BCUT2D eigenvalue weighted by atomic mass is 10.1. The van der Waals surface area contributed by atoms with Crippen LogP contribution >= 0.6 is 0 Å². The molecule has 2 aromatic carbocycles. The number of rotatable bonds is 5. The Hall–Kier alpha value is -4.67. The molecule has 0 fully saturated rings. The van der Waals surface area contributed by atoms with Crippen LogP contribution < -0.4 is 15.6 Å². The molecule has 0 bridgehead atoms. The standard InChI is InChI=1S/C24H20N6O6S/c1-13-2-7-18(22-20(13)15(10-25)11-26-22)30-37(33,34)16-5-3-14(4-6-16)23(31)27-28-24(32)21-17-12-35-9-8-19(17)36-29-21/h2-7,11,26,30H,8-9,12H2,1H3,(H,27,31)(H,28,32). The van der Waals surface area contributed by atoms with Crippen molar-refractivity contribution in [1.82, 2.24) is 21.0 Å². The van der Waals surface area contributed by atoms with Crippen molar-refractivity contribution in [3.05, 3.63) is 76.3 Å². The number of aromatic amines is 1. The van der Waals surface area contributed by atoms with Crippen molar-refractivity contribution in [3.63, 3.8) is 0 Å². The number of aromatic nitrogens is 2. The Bertz CT molecular complexity index is 1680. The minimum Gasteiger partial charge on any atom is -0.376 e. The highest BCUT2D eigenvalue weighted by Gasteiger charge is 2.25. The minimum atomic E-state index is -4.01. The number of hydrogen-bond donors (Lipinski definition) is 4. The molecule has 12 nitrogen and oxygen atoms in total. The molecular weight excluding hydrogens is 500 g/mol. The Balaban J connectivity index is 1.27. The van der Waals surface area contributed by atoms with E-state index in [9.17, 15) is 23.3 Å². The SMILES string of the molecule is Cc1ccc(NS(=O)(=O)c2ccc(C(=O)NNC(=O)c3noc4c3COCC4)cc2)c2[nH]cc(C#N)c12. The van der Waals surface area contributed by atoms with Crippen LogP contribution in [-0.2, 0) is 27.8 Å². The van der Waals surface area contributed by atoms with Crippen LogP contribution in [0.3, 0.4) is 0 Å². The van der Waals surface area contributed by atoms with Gasteiger partial charge in [0, 0.05) is 23.6 Å². The number of fused-ring (bicyclic) bond motifs is 2. The summed E-state index contributed by atoms with van der Waals surface area (Å²) in [7, 11) is -4.01. The fraction of sp³-hybridized carbons (Fsp3) is 0.167. The Morgan fingerprint density at radius 2 is 1.86 bits per heavy atom. The van der Waals surface area contributed by atoms with Gasteiger partial charge in [0.1, 0.15) is 11.8 Å². The summed E-state index contributed by atoms with van der Waals surface area (Å²) < 4.78 is 38.9. The molecular formula is C24H20N6O6S. The zero-order valence-electron chi connectivity index (χ0n) is 19.4. The monoisotopic (exact) mass is 520 g/mol. The summed E-state index contributed by atoms with van der Waals surface area (Å²) in [5, 5.41) is 13.7. The maximum Gasteiger partial charge on any atom is 0.292 e. The van der Waals surface area contributed by atoms with Crippen LogP contribution in [0.5, 0.6) is 0 Å². The first-order chi connectivity index (χ1) is 17.8. The summed E-state index contributed by atoms with van der Waals surface area (Å²) in [5.41, 5.74) is 7.23. The van der Waals surface area contributed by atoms with Gasteiger partial charge in [-0.1, -0.05) is 11.2 Å². The van der Waals surface area contributed by atoms with Crippen molar-refractivity contribution in [1.29, 1.82) is 5.26 Å². The van der Waals surface area contributed by atoms with Gasteiger partial charge in [-0.15, -0.1) is 0 Å². The second-order valence-electron chi connectivity index (χ2n) is 8.27. The number of anilines is 1. The molecule has 0 unspecified atom stereocenters. The number of carbonyl (C=O) groups excluding carboxylic acids is 2. The second-order valence-corrected chi connectivity index (χ2v) is 9.95. The molecule has 4 N–H and O–H groups in total. The average molecular weight is 521 g/mol. The molecule has 13 heteroatoms. The molecule has 0 aliphatic carbocycles. The van der Waals surface area contributed by atoms with E-state index in [0.717, 1.165) is 5.56 Å². The molecule has 1 aliphatic rings. The van der Waals surface area contributed by atoms with Crippen molar-refractivity contribution in [2.45, 2.75) is 24.8 Å². The number of hydrazine groups is 1. The zero-order chi connectivity index (χ0) is 26.2. The Labute approximate surface area is 210 Å². The van der Waals surface area contributed by atoms with Crippen LogP contribution in [0, 0.1) is 18.3 Å². The molecule has 2 amide bonds. The van der Waals surface area contributed by atoms with E-state index in [-0.39, 0.29) is 28.4 Å². The van der Waals surface area contributed by atoms with E-state index in [2.05, 4.69) is 31.8 Å². The number of benzene rings is 2. The fourth-order valence-corrected chi connectivity index (χ4v) is 5.11. The third-order valence-corrected chi connectivity index (χ3v) is 7.31. The highest BCUT2D eigenvalue weighted by molar-refractivity contribution is 7.92. The number of amides is 2. The quantitative estimate of drug-likeness (QED) is 0.289. The molecule has 4 aromatic rings. The van der Waals surface area contributed by atoms with Crippen molar-refractivity contribution < 1.29 is 27.3 Å². The van der Waals surface area contributed by atoms with Gasteiger partial charge in [0.15, 0.2) is 5.69 Å². The first kappa shape index (κ1) is 24.0. The van der Waals surface area contributed by atoms with E-state index in [1.165, 1.54) is 30.5 Å². The Morgan fingerprint density at radius 1 is 1.11 bits per heavy atom. The van der Waals surface area contributed by atoms with Crippen LogP contribution in [0.4, 0.5) is 5.69 Å². The summed E-state index contributed by atoms with van der Waals surface area (Å²) in [6.45, 7) is 2.50. The van der Waals surface area contributed by atoms with Gasteiger partial charge in [-0.2, -0.15) is 5.26 Å². The Kier molecular flexibility index (Phi) is 6.12. The highest BCUT2D eigenvalue weighted by atomic mass is 32.2. The molecule has 3 heterocycles. The predicted molar refractivity (Wildman–Crippen MR) is 130 cm³/mol. The first-order valence-corrected chi connectivity index (χ1v) is 12.6. The Morgan fingerprint density at radius 3 is 2.62 bits per heavy atom. The first-order valence-electron chi connectivity index (χ1n) is 11.1. The molecule has 0 radical (unpaired) electrons. The predicted octanol–water partition coefficient (Wildman–Crippen LogP) is 2.28. The normalized spacial score (nSPS) is 13.0. The number of H-pyrrole nitrogens is 1. The summed E-state index contributed by atoms with van der Waals surface area (Å²) in [5.74, 6) is -0.753. The lowest BCUT2D eigenvalue weighted by Gasteiger charge is -2.12. The number of nitrogens with one attached hydrogen (secondary N) is 4. The highest BCUT2D eigenvalue weighted by Crippen LogP contribution is 2.30. The lowest BCUT2D eigenvalue weighted by molar-refractivity contribution is 0.0835. The molecule has 188 valence electrons. The molecule has 2 aromatic heterocycles. The molecule has 0 saturated heterocycles.